The Morgan fingerprint density at radius 3 is 2.43 bits per heavy atom. The molecule has 1 amide bonds. The van der Waals surface area contributed by atoms with E-state index < -0.39 is 0 Å². The van der Waals surface area contributed by atoms with Crippen LogP contribution in [0.2, 0.25) is 0 Å². The molecule has 1 aliphatic rings. The van der Waals surface area contributed by atoms with Gasteiger partial charge in [0.05, 0.1) is 13.2 Å². The van der Waals surface area contributed by atoms with Crippen molar-refractivity contribution in [2.24, 2.45) is 0 Å². The zero-order valence-electron chi connectivity index (χ0n) is 16.5. The molecule has 1 N–H and O–H groups in total. The number of aliphatic hydroxyl groups excluding tert-OH is 1. The number of amides is 1. The fourth-order valence-corrected chi connectivity index (χ4v) is 4.24. The molecule has 0 saturated carbocycles. The van der Waals surface area contributed by atoms with E-state index in [1.165, 1.54) is 12.1 Å². The first-order chi connectivity index (χ1) is 13.5. The van der Waals surface area contributed by atoms with Crippen LogP contribution in [0.25, 0.3) is 0 Å². The van der Waals surface area contributed by atoms with Crippen LogP contribution in [0.4, 0.5) is 4.39 Å². The van der Waals surface area contributed by atoms with Crippen LogP contribution in [0.1, 0.15) is 49.8 Å². The minimum Gasteiger partial charge on any atom is -0.497 e. The number of nitrogens with zero attached hydrogens (tertiary/aromatic N) is 1. The lowest BCUT2D eigenvalue weighted by Gasteiger charge is -2.44. The van der Waals surface area contributed by atoms with E-state index in [9.17, 15) is 14.3 Å². The highest BCUT2D eigenvalue weighted by Crippen LogP contribution is 2.42. The van der Waals surface area contributed by atoms with Gasteiger partial charge in [-0.1, -0.05) is 24.3 Å². The van der Waals surface area contributed by atoms with Gasteiger partial charge in [-0.25, -0.2) is 4.39 Å². The molecule has 0 aliphatic carbocycles. The van der Waals surface area contributed by atoms with Gasteiger partial charge in [0.25, 0.3) is 0 Å². The molecule has 1 heterocycles. The molecule has 3 rings (SSSR count). The predicted molar refractivity (Wildman–Crippen MR) is 107 cm³/mol. The van der Waals surface area contributed by atoms with Crippen LogP contribution < -0.4 is 4.74 Å². The molecule has 0 bridgehead atoms. The zero-order chi connectivity index (χ0) is 20.1. The van der Waals surface area contributed by atoms with Crippen molar-refractivity contribution in [3.8, 4) is 5.75 Å². The number of benzene rings is 2. The van der Waals surface area contributed by atoms with Crippen LogP contribution in [0.5, 0.6) is 5.75 Å². The van der Waals surface area contributed by atoms with Crippen LogP contribution >= 0.6 is 0 Å². The predicted octanol–water partition coefficient (Wildman–Crippen LogP) is 4.23. The largest absolute Gasteiger partial charge is 0.497 e. The lowest BCUT2D eigenvalue weighted by atomic mass is 9.69. The monoisotopic (exact) mass is 385 g/mol. The van der Waals surface area contributed by atoms with Crippen molar-refractivity contribution in [1.82, 2.24) is 4.90 Å². The van der Waals surface area contributed by atoms with Crippen molar-refractivity contribution < 1.29 is 19.0 Å². The number of rotatable bonds is 7. The van der Waals surface area contributed by atoms with Gasteiger partial charge in [0.15, 0.2) is 0 Å². The molecule has 1 aliphatic heterocycles. The van der Waals surface area contributed by atoms with Gasteiger partial charge in [0, 0.05) is 25.0 Å². The Bertz CT molecular complexity index is 790. The highest BCUT2D eigenvalue weighted by molar-refractivity contribution is 5.79. The molecule has 150 valence electrons. The molecule has 28 heavy (non-hydrogen) atoms. The Morgan fingerprint density at radius 2 is 1.86 bits per heavy atom. The molecule has 2 atom stereocenters. The summed E-state index contributed by atoms with van der Waals surface area (Å²) >= 11 is 0. The highest BCUT2D eigenvalue weighted by atomic mass is 19.1. The summed E-state index contributed by atoms with van der Waals surface area (Å²) in [6.45, 7) is 2.76. The molecule has 5 heteroatoms. The average Bonchev–Trinajstić information content (AvgIpc) is 2.72. The SMILES string of the molecule is COc1ccc([C@H](C)N2CC[C@](CCCO)(c3ccc(F)cc3)CC2=O)cc1. The first kappa shape index (κ1) is 20.3. The third-order valence-corrected chi connectivity index (χ3v) is 5.98. The van der Waals surface area contributed by atoms with Crippen molar-refractivity contribution in [2.75, 3.05) is 20.3 Å². The van der Waals surface area contributed by atoms with Crippen LogP contribution in [0, 0.1) is 5.82 Å². The van der Waals surface area contributed by atoms with E-state index in [-0.39, 0.29) is 29.8 Å². The van der Waals surface area contributed by atoms with Gasteiger partial charge < -0.3 is 14.7 Å². The van der Waals surface area contributed by atoms with Crippen LogP contribution in [-0.4, -0.2) is 36.2 Å². The maximum absolute atomic E-state index is 13.4. The molecule has 1 saturated heterocycles. The quantitative estimate of drug-likeness (QED) is 0.776. The van der Waals surface area contributed by atoms with Crippen molar-refractivity contribution in [2.45, 2.75) is 44.1 Å². The molecule has 2 aromatic rings. The minimum absolute atomic E-state index is 0.0255. The average molecular weight is 385 g/mol. The lowest BCUT2D eigenvalue weighted by Crippen LogP contribution is -2.47. The fraction of sp³-hybridized carbons (Fsp3) is 0.435. The van der Waals surface area contributed by atoms with E-state index in [4.69, 9.17) is 4.74 Å². The number of likely N-dealkylation sites (tertiary alicyclic amines) is 1. The number of halogens is 1. The Morgan fingerprint density at radius 1 is 1.18 bits per heavy atom. The molecule has 0 spiro atoms. The van der Waals surface area contributed by atoms with Crippen LogP contribution in [0.15, 0.2) is 48.5 Å². The van der Waals surface area contributed by atoms with Gasteiger partial charge >= 0.3 is 0 Å². The number of hydrogen-bond donors (Lipinski definition) is 1. The maximum atomic E-state index is 13.4. The molecule has 2 aromatic carbocycles. The number of carbonyl (C=O) groups is 1. The first-order valence-corrected chi connectivity index (χ1v) is 9.79. The van der Waals surface area contributed by atoms with E-state index in [0.717, 1.165) is 23.3 Å². The summed E-state index contributed by atoms with van der Waals surface area (Å²) < 4.78 is 18.6. The number of carbonyl (C=O) groups excluding carboxylic acids is 1. The summed E-state index contributed by atoms with van der Waals surface area (Å²) in [6, 6.07) is 14.2. The van der Waals surface area contributed by atoms with Crippen molar-refractivity contribution in [3.05, 3.63) is 65.5 Å². The smallest absolute Gasteiger partial charge is 0.223 e. The molecular formula is C23H28FNO3. The second-order valence-electron chi connectivity index (χ2n) is 7.58. The summed E-state index contributed by atoms with van der Waals surface area (Å²) in [5.41, 5.74) is 1.70. The van der Waals surface area contributed by atoms with Gasteiger partial charge in [-0.05, 0) is 61.6 Å². The summed E-state index contributed by atoms with van der Waals surface area (Å²) in [6.07, 6.45) is 2.51. The van der Waals surface area contributed by atoms with E-state index in [1.54, 1.807) is 19.2 Å². The second-order valence-corrected chi connectivity index (χ2v) is 7.58. The van der Waals surface area contributed by atoms with Gasteiger partial charge in [-0.15, -0.1) is 0 Å². The van der Waals surface area contributed by atoms with Gasteiger partial charge in [0.2, 0.25) is 5.91 Å². The number of hydrogen-bond acceptors (Lipinski definition) is 3. The number of methoxy groups -OCH3 is 1. The third-order valence-electron chi connectivity index (χ3n) is 5.98. The van der Waals surface area contributed by atoms with E-state index in [2.05, 4.69) is 0 Å². The van der Waals surface area contributed by atoms with Crippen LogP contribution in [-0.2, 0) is 10.2 Å². The zero-order valence-corrected chi connectivity index (χ0v) is 16.5. The number of aliphatic hydroxyl groups is 1. The lowest BCUT2D eigenvalue weighted by molar-refractivity contribution is -0.138. The highest BCUT2D eigenvalue weighted by Gasteiger charge is 2.41. The van der Waals surface area contributed by atoms with Crippen molar-refractivity contribution in [3.63, 3.8) is 0 Å². The summed E-state index contributed by atoms with van der Waals surface area (Å²) in [7, 11) is 1.63. The normalized spacial score (nSPS) is 20.9. The fourth-order valence-electron chi connectivity index (χ4n) is 4.24. The van der Waals surface area contributed by atoms with E-state index in [1.807, 2.05) is 36.1 Å². The summed E-state index contributed by atoms with van der Waals surface area (Å²) in [5, 5.41) is 9.33. The molecule has 4 nitrogen and oxygen atoms in total. The Labute approximate surface area is 165 Å². The Balaban J connectivity index is 1.80. The van der Waals surface area contributed by atoms with Gasteiger partial charge in [-0.2, -0.15) is 0 Å². The standard InChI is InChI=1S/C23H28FNO3/c1-17(18-4-10-21(28-2)11-5-18)25-14-13-23(12-3-15-26,16-22(25)27)19-6-8-20(24)9-7-19/h4-11,17,26H,3,12-16H2,1-2H3/t17-,23-/m0/s1. The summed E-state index contributed by atoms with van der Waals surface area (Å²) in [5.74, 6) is 0.607. The van der Waals surface area contributed by atoms with Crippen molar-refractivity contribution >= 4 is 5.91 Å². The molecular weight excluding hydrogens is 357 g/mol. The Kier molecular flexibility index (Phi) is 6.35. The number of piperidine rings is 1. The van der Waals surface area contributed by atoms with E-state index >= 15 is 0 Å². The molecule has 0 radical (unpaired) electrons. The van der Waals surface area contributed by atoms with E-state index in [0.29, 0.717) is 25.8 Å². The van der Waals surface area contributed by atoms with Gasteiger partial charge in [-0.3, -0.25) is 4.79 Å². The maximum Gasteiger partial charge on any atom is 0.223 e. The minimum atomic E-state index is -0.344. The molecule has 0 unspecified atom stereocenters. The summed E-state index contributed by atoms with van der Waals surface area (Å²) in [4.78, 5) is 15.0. The number of ether oxygens (including phenoxy) is 1. The first-order valence-electron chi connectivity index (χ1n) is 9.79. The third kappa shape index (κ3) is 4.20. The van der Waals surface area contributed by atoms with Gasteiger partial charge in [0.1, 0.15) is 11.6 Å². The van der Waals surface area contributed by atoms with Crippen LogP contribution in [0.3, 0.4) is 0 Å². The second kappa shape index (κ2) is 8.74. The topological polar surface area (TPSA) is 49.8 Å². The molecule has 0 aromatic heterocycles. The van der Waals surface area contributed by atoms with Crippen molar-refractivity contribution in [1.29, 1.82) is 0 Å². The Hall–Kier alpha value is -2.40. The molecule has 1 fully saturated rings.